The summed E-state index contributed by atoms with van der Waals surface area (Å²) >= 11 is 0. The average Bonchev–Trinajstić information content (AvgIpc) is 3.78. The minimum absolute atomic E-state index is 0.0687. The number of likely N-dealkylation sites (tertiary alicyclic amines) is 1. The Hall–Kier alpha value is -5.31. The maximum Gasteiger partial charge on any atom is 0.251 e. The lowest BCUT2D eigenvalue weighted by Crippen LogP contribution is -2.55. The number of ether oxygens (including phenoxy) is 1. The van der Waals surface area contributed by atoms with Gasteiger partial charge in [-0.1, -0.05) is 25.8 Å². The molecule has 8 rings (SSSR count). The Morgan fingerprint density at radius 1 is 0.949 bits per heavy atom. The van der Waals surface area contributed by atoms with Gasteiger partial charge in [0.15, 0.2) is 5.82 Å². The van der Waals surface area contributed by atoms with Crippen molar-refractivity contribution in [3.8, 4) is 5.75 Å². The smallest absolute Gasteiger partial charge is 0.251 e. The van der Waals surface area contributed by atoms with Crippen molar-refractivity contribution < 1.29 is 28.3 Å². The van der Waals surface area contributed by atoms with Gasteiger partial charge in [0.25, 0.3) is 5.91 Å². The van der Waals surface area contributed by atoms with Gasteiger partial charge in [0.2, 0.25) is 23.7 Å². The highest BCUT2D eigenvalue weighted by atomic mass is 19.1. The van der Waals surface area contributed by atoms with Crippen LogP contribution < -0.4 is 35.4 Å². The van der Waals surface area contributed by atoms with Gasteiger partial charge in [-0.15, -0.1) is 0 Å². The molecular weight excluding hydrogens is 754 g/mol. The Labute approximate surface area is 345 Å². The third-order valence-corrected chi connectivity index (χ3v) is 13.1. The van der Waals surface area contributed by atoms with Crippen LogP contribution in [0.25, 0.3) is 0 Å². The van der Waals surface area contributed by atoms with Crippen molar-refractivity contribution in [3.63, 3.8) is 0 Å². The molecule has 2 atom stereocenters. The lowest BCUT2D eigenvalue weighted by Gasteiger charge is -2.43. The summed E-state index contributed by atoms with van der Waals surface area (Å²) in [6, 6.07) is 10.5. The van der Waals surface area contributed by atoms with E-state index in [4.69, 9.17) is 9.72 Å². The Morgan fingerprint density at radius 3 is 2.41 bits per heavy atom. The molecule has 0 spiro atoms. The molecule has 15 heteroatoms. The van der Waals surface area contributed by atoms with Crippen molar-refractivity contribution >= 4 is 52.5 Å². The van der Waals surface area contributed by atoms with Gasteiger partial charge < -0.3 is 35.0 Å². The molecule has 3 aromatic rings. The molecule has 2 aromatic carbocycles. The zero-order chi connectivity index (χ0) is 41.2. The number of nitrogens with one attached hydrogen (secondary N) is 3. The van der Waals surface area contributed by atoms with E-state index in [0.717, 1.165) is 89.9 Å². The van der Waals surface area contributed by atoms with Crippen LogP contribution in [0, 0.1) is 11.7 Å². The number of nitrogens with zero attached hydrogens (tertiary/aromatic N) is 6. The third kappa shape index (κ3) is 8.57. The maximum absolute atomic E-state index is 15.3. The number of aromatic nitrogens is 2. The zero-order valence-electron chi connectivity index (χ0n) is 34.3. The highest BCUT2D eigenvalue weighted by molar-refractivity contribution is 6.04. The lowest BCUT2D eigenvalue weighted by atomic mass is 9.90. The fourth-order valence-electron chi connectivity index (χ4n) is 9.76. The molecular formula is C44H56FN9O5. The van der Waals surface area contributed by atoms with E-state index >= 15 is 4.39 Å². The molecule has 3 saturated heterocycles. The number of imide groups is 1. The summed E-state index contributed by atoms with van der Waals surface area (Å²) in [5.41, 5.74) is 3.02. The summed E-state index contributed by atoms with van der Waals surface area (Å²) in [6.07, 6.45) is 11.1. The van der Waals surface area contributed by atoms with Crippen molar-refractivity contribution in [1.29, 1.82) is 0 Å². The first-order chi connectivity index (χ1) is 28.6. The van der Waals surface area contributed by atoms with Crippen molar-refractivity contribution in [3.05, 3.63) is 59.5 Å². The number of hydrogen-bond acceptors (Lipinski definition) is 11. The molecule has 5 aliphatic rings. The number of fused-ring (bicyclic) bond motifs is 1. The summed E-state index contributed by atoms with van der Waals surface area (Å²) in [5, 5.41) is 8.90. The van der Waals surface area contributed by atoms with Crippen molar-refractivity contribution in [1.82, 2.24) is 25.5 Å². The Morgan fingerprint density at radius 2 is 1.71 bits per heavy atom. The van der Waals surface area contributed by atoms with E-state index in [2.05, 4.69) is 35.6 Å². The van der Waals surface area contributed by atoms with Gasteiger partial charge in [-0.25, -0.2) is 9.37 Å². The summed E-state index contributed by atoms with van der Waals surface area (Å²) in [6.45, 7) is 6.36. The monoisotopic (exact) mass is 809 g/mol. The van der Waals surface area contributed by atoms with Crippen LogP contribution in [-0.2, 0) is 14.4 Å². The van der Waals surface area contributed by atoms with Gasteiger partial charge in [0.1, 0.15) is 23.3 Å². The first-order valence-electron chi connectivity index (χ1n) is 21.4. The van der Waals surface area contributed by atoms with Crippen LogP contribution in [0.5, 0.6) is 5.75 Å². The van der Waals surface area contributed by atoms with Crippen LogP contribution in [0.1, 0.15) is 99.4 Å². The van der Waals surface area contributed by atoms with Crippen LogP contribution >= 0.6 is 0 Å². The number of carbonyl (C=O) groups excluding carboxylic acids is 4. The van der Waals surface area contributed by atoms with E-state index in [1.54, 1.807) is 43.5 Å². The molecule has 0 bridgehead atoms. The van der Waals surface area contributed by atoms with Crippen molar-refractivity contribution in [2.45, 2.75) is 102 Å². The van der Waals surface area contributed by atoms with Gasteiger partial charge in [0.05, 0.1) is 30.6 Å². The minimum atomic E-state index is -0.499. The van der Waals surface area contributed by atoms with Gasteiger partial charge in [-0.05, 0) is 93.2 Å². The van der Waals surface area contributed by atoms with E-state index in [9.17, 15) is 19.2 Å². The first-order valence-corrected chi connectivity index (χ1v) is 21.4. The molecule has 0 radical (unpaired) electrons. The molecule has 3 N–H and O–H groups in total. The standard InChI is InChI=1S/C44H56FN9O5/c1-4-35-43(58)51(2)37-25-46-44(50-40(37)54(35)31-7-5-6-8-31)48-34-12-9-29(24-38(34)59-3)41(56)47-30-17-19-52(20-18-30)26-27-15-21-53(22-16-27)36-13-10-28(23-33(36)45)32-11-14-39(55)49-42(32)57/h9-10,12-13,23-25,27,30-32,35H,4-8,11,14-22,26H2,1-3H3,(H,47,56)(H,46,48,50)(H,49,55,57). The number of rotatable bonds is 11. The van der Waals surface area contributed by atoms with Crippen LogP contribution in [-0.4, -0.2) is 104 Å². The number of amides is 4. The number of hydrogen-bond donors (Lipinski definition) is 3. The average molecular weight is 810 g/mol. The number of methoxy groups -OCH3 is 1. The molecule has 5 heterocycles. The molecule has 59 heavy (non-hydrogen) atoms. The van der Waals surface area contributed by atoms with Gasteiger partial charge in [0, 0.05) is 63.8 Å². The molecule has 4 aliphatic heterocycles. The largest absolute Gasteiger partial charge is 0.495 e. The summed E-state index contributed by atoms with van der Waals surface area (Å²) in [7, 11) is 3.36. The third-order valence-electron chi connectivity index (χ3n) is 13.1. The Bertz CT molecular complexity index is 2060. The van der Waals surface area contributed by atoms with Crippen LogP contribution in [0.4, 0.5) is 33.2 Å². The number of carbonyl (C=O) groups is 4. The predicted molar refractivity (Wildman–Crippen MR) is 224 cm³/mol. The molecule has 1 aromatic heterocycles. The highest BCUT2D eigenvalue weighted by Gasteiger charge is 2.41. The SMILES string of the molecule is CCC1C(=O)N(C)c2cnc(Nc3ccc(C(=O)NC4CCN(CC5CCN(c6ccc(C7CCC(=O)NC7=O)cc6F)CC5)CC4)cc3OC)nc2N1C1CCCC1. The Kier molecular flexibility index (Phi) is 12.0. The van der Waals surface area contributed by atoms with Crippen LogP contribution in [0.3, 0.4) is 0 Å². The second kappa shape index (κ2) is 17.5. The fourth-order valence-corrected chi connectivity index (χ4v) is 9.76. The Balaban J connectivity index is 0.817. The summed E-state index contributed by atoms with van der Waals surface area (Å²) in [5.74, 6) is 0.630. The number of piperidine rings is 3. The molecule has 1 saturated carbocycles. The second-order valence-corrected chi connectivity index (χ2v) is 16.8. The highest BCUT2D eigenvalue weighted by Crippen LogP contribution is 2.40. The van der Waals surface area contributed by atoms with E-state index in [1.165, 1.54) is 6.07 Å². The van der Waals surface area contributed by atoms with Crippen molar-refractivity contribution in [2.24, 2.45) is 5.92 Å². The number of benzene rings is 2. The molecule has 4 amide bonds. The second-order valence-electron chi connectivity index (χ2n) is 16.8. The predicted octanol–water partition coefficient (Wildman–Crippen LogP) is 5.50. The fraction of sp³-hybridized carbons (Fsp3) is 0.545. The molecule has 14 nitrogen and oxygen atoms in total. The van der Waals surface area contributed by atoms with E-state index in [-0.39, 0.29) is 54.0 Å². The molecule has 4 fully saturated rings. The van der Waals surface area contributed by atoms with E-state index < -0.39 is 5.92 Å². The quantitative estimate of drug-likeness (QED) is 0.211. The maximum atomic E-state index is 15.3. The van der Waals surface area contributed by atoms with Crippen LogP contribution in [0.2, 0.25) is 0 Å². The molecule has 1 aliphatic carbocycles. The van der Waals surface area contributed by atoms with E-state index in [1.807, 2.05) is 19.1 Å². The lowest BCUT2D eigenvalue weighted by molar-refractivity contribution is -0.134. The van der Waals surface area contributed by atoms with Crippen LogP contribution in [0.15, 0.2) is 42.6 Å². The first kappa shape index (κ1) is 40.5. The molecule has 2 unspecified atom stereocenters. The number of likely N-dealkylation sites (N-methyl/N-ethyl adjacent to an activating group) is 1. The zero-order valence-corrected chi connectivity index (χ0v) is 34.3. The van der Waals surface area contributed by atoms with Gasteiger partial charge in [-0.3, -0.25) is 24.5 Å². The van der Waals surface area contributed by atoms with Crippen molar-refractivity contribution in [2.75, 3.05) is 66.9 Å². The number of halogens is 1. The van der Waals surface area contributed by atoms with E-state index in [0.29, 0.717) is 58.6 Å². The normalized spacial score (nSPS) is 22.4. The summed E-state index contributed by atoms with van der Waals surface area (Å²) in [4.78, 5) is 68.5. The topological polar surface area (TPSA) is 152 Å². The summed E-state index contributed by atoms with van der Waals surface area (Å²) < 4.78 is 21.0. The number of anilines is 5. The molecule has 314 valence electrons. The van der Waals surface area contributed by atoms with Gasteiger partial charge in [-0.2, -0.15) is 4.98 Å². The van der Waals surface area contributed by atoms with Gasteiger partial charge >= 0.3 is 0 Å². The minimum Gasteiger partial charge on any atom is -0.495 e.